The predicted molar refractivity (Wildman–Crippen MR) is 79.0 cm³/mol. The fraction of sp³-hybridized carbons (Fsp3) is 0.400. The van der Waals surface area contributed by atoms with Gasteiger partial charge in [0.15, 0.2) is 0 Å². The normalized spacial score (nSPS) is 12.7. The molecule has 0 fully saturated rings. The lowest BCUT2D eigenvalue weighted by molar-refractivity contribution is 0.176. The molecule has 0 spiro atoms. The van der Waals surface area contributed by atoms with Crippen LogP contribution in [-0.2, 0) is 0 Å². The van der Waals surface area contributed by atoms with Crippen LogP contribution in [0, 0.1) is 0 Å². The Kier molecular flexibility index (Phi) is 4.76. The molecule has 4 N–H and O–H groups in total. The van der Waals surface area contributed by atoms with Crippen molar-refractivity contribution in [2.75, 3.05) is 13.1 Å². The van der Waals surface area contributed by atoms with E-state index in [2.05, 4.69) is 17.2 Å². The van der Waals surface area contributed by atoms with E-state index in [9.17, 15) is 15.0 Å². The average Bonchev–Trinajstić information content (AvgIpc) is 2.44. The van der Waals surface area contributed by atoms with Gasteiger partial charge in [0.2, 0.25) is 5.56 Å². The number of nitrogens with one attached hydrogen (secondary N) is 2. The monoisotopic (exact) mass is 276 g/mol. The van der Waals surface area contributed by atoms with Crippen LogP contribution >= 0.6 is 0 Å². The molecule has 0 saturated heterocycles. The Labute approximate surface area is 117 Å². The van der Waals surface area contributed by atoms with Crippen molar-refractivity contribution in [1.82, 2.24) is 10.3 Å². The number of phenols is 1. The van der Waals surface area contributed by atoms with Crippen LogP contribution in [0.3, 0.4) is 0 Å². The van der Waals surface area contributed by atoms with Gasteiger partial charge in [-0.05, 0) is 30.7 Å². The van der Waals surface area contributed by atoms with Crippen molar-refractivity contribution in [3.05, 3.63) is 40.2 Å². The second kappa shape index (κ2) is 6.54. The summed E-state index contributed by atoms with van der Waals surface area (Å²) in [7, 11) is 0. The molecule has 0 saturated carbocycles. The van der Waals surface area contributed by atoms with Crippen molar-refractivity contribution < 1.29 is 10.2 Å². The summed E-state index contributed by atoms with van der Waals surface area (Å²) in [6, 6.07) is 6.19. The van der Waals surface area contributed by atoms with Crippen LogP contribution in [0.4, 0.5) is 0 Å². The molecule has 0 aliphatic carbocycles. The van der Waals surface area contributed by atoms with Crippen molar-refractivity contribution in [2.24, 2.45) is 0 Å². The number of pyridine rings is 1. The molecule has 0 aliphatic rings. The van der Waals surface area contributed by atoms with E-state index in [1.165, 1.54) is 12.1 Å². The van der Waals surface area contributed by atoms with Crippen LogP contribution in [0.25, 0.3) is 10.9 Å². The number of aromatic hydroxyl groups is 1. The van der Waals surface area contributed by atoms with Crippen molar-refractivity contribution in [1.29, 1.82) is 0 Å². The van der Waals surface area contributed by atoms with Gasteiger partial charge in [-0.25, -0.2) is 0 Å². The second-order valence-corrected chi connectivity index (χ2v) is 4.86. The minimum Gasteiger partial charge on any atom is -0.506 e. The highest BCUT2D eigenvalue weighted by molar-refractivity contribution is 5.87. The molecule has 2 aromatic rings. The van der Waals surface area contributed by atoms with Gasteiger partial charge in [-0.15, -0.1) is 0 Å². The topological polar surface area (TPSA) is 85.3 Å². The van der Waals surface area contributed by atoms with Crippen LogP contribution in [-0.4, -0.2) is 28.3 Å². The van der Waals surface area contributed by atoms with Crippen molar-refractivity contribution >= 4 is 10.9 Å². The van der Waals surface area contributed by atoms with Crippen LogP contribution in [0.5, 0.6) is 5.75 Å². The summed E-state index contributed by atoms with van der Waals surface area (Å²) < 4.78 is 0. The molecule has 0 radical (unpaired) electrons. The molecule has 1 heterocycles. The third kappa shape index (κ3) is 3.18. The highest BCUT2D eigenvalue weighted by atomic mass is 16.3. The number of aliphatic hydroxyl groups is 1. The molecule has 5 nitrogen and oxygen atoms in total. The number of phenolic OH excluding ortho intramolecular Hbond substituents is 1. The van der Waals surface area contributed by atoms with E-state index in [0.29, 0.717) is 23.0 Å². The zero-order chi connectivity index (χ0) is 14.5. The molecule has 1 aromatic carbocycles. The molecule has 1 atom stereocenters. The first-order valence-corrected chi connectivity index (χ1v) is 6.87. The third-order valence-corrected chi connectivity index (χ3v) is 3.31. The molecule has 1 aromatic heterocycles. The standard InChI is InChI=1S/C15H20N2O3/c1-2-3-8-16-9-13(19)10-4-6-12(18)15-11(10)5-7-14(20)17-15/h4-7,13,16,18-19H,2-3,8-9H2,1H3,(H,17,20)/t13-/m1/s1. The molecule has 5 heteroatoms. The molecule has 0 aliphatic heterocycles. The Bertz CT molecular complexity index is 637. The largest absolute Gasteiger partial charge is 0.506 e. The Morgan fingerprint density at radius 2 is 2.10 bits per heavy atom. The number of rotatable bonds is 6. The van der Waals surface area contributed by atoms with Gasteiger partial charge in [-0.1, -0.05) is 19.4 Å². The summed E-state index contributed by atoms with van der Waals surface area (Å²) in [6.45, 7) is 3.42. The van der Waals surface area contributed by atoms with Crippen LogP contribution < -0.4 is 10.9 Å². The maximum Gasteiger partial charge on any atom is 0.248 e. The van der Waals surface area contributed by atoms with Gasteiger partial charge in [0.1, 0.15) is 5.75 Å². The molecule has 0 amide bonds. The van der Waals surface area contributed by atoms with Gasteiger partial charge >= 0.3 is 0 Å². The SMILES string of the molecule is CCCCNC[C@@H](O)c1ccc(O)c2[nH]c(=O)ccc12. The van der Waals surface area contributed by atoms with Gasteiger partial charge in [-0.2, -0.15) is 0 Å². The van der Waals surface area contributed by atoms with E-state index in [0.717, 1.165) is 19.4 Å². The van der Waals surface area contributed by atoms with E-state index in [-0.39, 0.29) is 11.3 Å². The van der Waals surface area contributed by atoms with E-state index >= 15 is 0 Å². The Morgan fingerprint density at radius 1 is 1.30 bits per heavy atom. The summed E-state index contributed by atoms with van der Waals surface area (Å²) >= 11 is 0. The first-order chi connectivity index (χ1) is 9.63. The maximum absolute atomic E-state index is 11.3. The number of fused-ring (bicyclic) bond motifs is 1. The number of aliphatic hydroxyl groups excluding tert-OH is 1. The fourth-order valence-electron chi connectivity index (χ4n) is 2.20. The first kappa shape index (κ1) is 14.6. The molecule has 2 rings (SSSR count). The summed E-state index contributed by atoms with van der Waals surface area (Å²) in [6.07, 6.45) is 1.49. The number of hydrogen-bond donors (Lipinski definition) is 4. The zero-order valence-corrected chi connectivity index (χ0v) is 11.5. The maximum atomic E-state index is 11.3. The summed E-state index contributed by atoms with van der Waals surface area (Å²) in [4.78, 5) is 13.9. The van der Waals surface area contributed by atoms with Crippen LogP contribution in [0.15, 0.2) is 29.1 Å². The van der Waals surface area contributed by atoms with E-state index in [1.54, 1.807) is 12.1 Å². The number of H-pyrrole nitrogens is 1. The molecule has 0 unspecified atom stereocenters. The number of benzene rings is 1. The van der Waals surface area contributed by atoms with Gasteiger partial charge < -0.3 is 20.5 Å². The van der Waals surface area contributed by atoms with Crippen LogP contribution in [0.2, 0.25) is 0 Å². The number of aromatic amines is 1. The lowest BCUT2D eigenvalue weighted by atomic mass is 10.0. The lowest BCUT2D eigenvalue weighted by Gasteiger charge is -2.15. The highest BCUT2D eigenvalue weighted by Gasteiger charge is 2.13. The summed E-state index contributed by atoms with van der Waals surface area (Å²) in [5, 5.41) is 23.9. The minimum atomic E-state index is -0.680. The fourth-order valence-corrected chi connectivity index (χ4v) is 2.20. The Hall–Kier alpha value is -1.85. The van der Waals surface area contributed by atoms with Crippen molar-refractivity contribution in [3.8, 4) is 5.75 Å². The molecule has 108 valence electrons. The van der Waals surface area contributed by atoms with E-state index in [4.69, 9.17) is 0 Å². The minimum absolute atomic E-state index is 0.00703. The van der Waals surface area contributed by atoms with Gasteiger partial charge in [0, 0.05) is 18.0 Å². The van der Waals surface area contributed by atoms with Crippen LogP contribution in [0.1, 0.15) is 31.4 Å². The molecular weight excluding hydrogens is 256 g/mol. The zero-order valence-electron chi connectivity index (χ0n) is 11.5. The third-order valence-electron chi connectivity index (χ3n) is 3.31. The van der Waals surface area contributed by atoms with Gasteiger partial charge in [0.05, 0.1) is 11.6 Å². The smallest absolute Gasteiger partial charge is 0.248 e. The Balaban J connectivity index is 2.25. The summed E-state index contributed by atoms with van der Waals surface area (Å²) in [5.41, 5.74) is 0.779. The molecular formula is C15H20N2O3. The number of aromatic nitrogens is 1. The van der Waals surface area contributed by atoms with E-state index in [1.807, 2.05) is 0 Å². The average molecular weight is 276 g/mol. The highest BCUT2D eigenvalue weighted by Crippen LogP contribution is 2.28. The van der Waals surface area contributed by atoms with Crippen molar-refractivity contribution in [2.45, 2.75) is 25.9 Å². The molecule has 20 heavy (non-hydrogen) atoms. The summed E-state index contributed by atoms with van der Waals surface area (Å²) in [5.74, 6) is 0.00703. The predicted octanol–water partition coefficient (Wildman–Crippen LogP) is 1.66. The second-order valence-electron chi connectivity index (χ2n) is 4.86. The first-order valence-electron chi connectivity index (χ1n) is 6.87. The van der Waals surface area contributed by atoms with Gasteiger partial charge in [0.25, 0.3) is 0 Å². The lowest BCUT2D eigenvalue weighted by Crippen LogP contribution is -2.22. The van der Waals surface area contributed by atoms with Crippen molar-refractivity contribution in [3.63, 3.8) is 0 Å². The molecule has 0 bridgehead atoms. The van der Waals surface area contributed by atoms with E-state index < -0.39 is 6.10 Å². The number of unbranched alkanes of at least 4 members (excludes halogenated alkanes) is 1. The Morgan fingerprint density at radius 3 is 2.85 bits per heavy atom. The quantitative estimate of drug-likeness (QED) is 0.604. The number of hydrogen-bond acceptors (Lipinski definition) is 4. The van der Waals surface area contributed by atoms with Gasteiger partial charge in [-0.3, -0.25) is 4.79 Å².